The zero-order valence-electron chi connectivity index (χ0n) is 18.1. The number of aryl methyl sites for hydroxylation is 1. The lowest BCUT2D eigenvalue weighted by atomic mass is 9.99. The average Bonchev–Trinajstić information content (AvgIpc) is 2.76. The van der Waals surface area contributed by atoms with E-state index >= 15 is 0 Å². The number of anilines is 1. The summed E-state index contributed by atoms with van der Waals surface area (Å²) in [4.78, 5) is 15.0. The van der Waals surface area contributed by atoms with Crippen LogP contribution in [0, 0.1) is 0 Å². The van der Waals surface area contributed by atoms with Crippen molar-refractivity contribution in [2.24, 2.45) is 0 Å². The van der Waals surface area contributed by atoms with Crippen LogP contribution >= 0.6 is 0 Å². The summed E-state index contributed by atoms with van der Waals surface area (Å²) >= 11 is 0. The summed E-state index contributed by atoms with van der Waals surface area (Å²) in [7, 11) is 5.24. The number of likely N-dealkylation sites (tertiary alicyclic amines) is 1. The number of nitrogens with zero attached hydrogens (tertiary/aromatic N) is 1. The summed E-state index contributed by atoms with van der Waals surface area (Å²) in [6.45, 7) is 0.925. The summed E-state index contributed by atoms with van der Waals surface area (Å²) in [6.07, 6.45) is 4.05. The number of hydrogen-bond donors (Lipinski definition) is 1. The molecule has 2 atom stereocenters. The van der Waals surface area contributed by atoms with Gasteiger partial charge in [-0.15, -0.1) is 0 Å². The zero-order valence-corrected chi connectivity index (χ0v) is 18.1. The quantitative estimate of drug-likeness (QED) is 0.522. The molecule has 0 aromatic heterocycles. The minimum absolute atomic E-state index is 0.156. The smallest absolute Gasteiger partial charge is 0.323 e. The molecule has 6 nitrogen and oxygen atoms in total. The molecular weight excluding hydrogens is 380 g/mol. The highest BCUT2D eigenvalue weighted by Crippen LogP contribution is 2.31. The van der Waals surface area contributed by atoms with Crippen LogP contribution < -0.4 is 15.2 Å². The van der Waals surface area contributed by atoms with E-state index in [4.69, 9.17) is 19.9 Å². The Hall–Kier alpha value is -2.73. The first-order valence-electron chi connectivity index (χ1n) is 10.5. The lowest BCUT2D eigenvalue weighted by molar-refractivity contribution is -0.157. The van der Waals surface area contributed by atoms with E-state index in [2.05, 4.69) is 4.90 Å². The number of hydrogen-bond acceptors (Lipinski definition) is 6. The summed E-state index contributed by atoms with van der Waals surface area (Å²) < 4.78 is 16.8. The van der Waals surface area contributed by atoms with E-state index in [1.807, 2.05) is 49.5 Å². The van der Waals surface area contributed by atoms with Crippen LogP contribution in [-0.4, -0.2) is 44.7 Å². The molecule has 6 heteroatoms. The van der Waals surface area contributed by atoms with Gasteiger partial charge in [0, 0.05) is 5.69 Å². The topological polar surface area (TPSA) is 74.0 Å². The molecule has 1 saturated heterocycles. The van der Waals surface area contributed by atoms with Crippen molar-refractivity contribution in [2.45, 2.75) is 44.2 Å². The number of esters is 1. The van der Waals surface area contributed by atoms with Gasteiger partial charge in [-0.1, -0.05) is 24.6 Å². The lowest BCUT2D eigenvalue weighted by Crippen LogP contribution is -2.43. The van der Waals surface area contributed by atoms with Crippen molar-refractivity contribution in [1.29, 1.82) is 0 Å². The third kappa shape index (κ3) is 5.45. The highest BCUT2D eigenvalue weighted by Gasteiger charge is 2.29. The molecule has 0 bridgehead atoms. The van der Waals surface area contributed by atoms with Crippen molar-refractivity contribution in [1.82, 2.24) is 4.90 Å². The normalized spacial score (nSPS) is 17.9. The first kappa shape index (κ1) is 22.0. The molecule has 0 unspecified atom stereocenters. The Balaban J connectivity index is 1.75. The Kier molecular flexibility index (Phi) is 7.57. The summed E-state index contributed by atoms with van der Waals surface area (Å²) in [6, 6.07) is 13.3. The van der Waals surface area contributed by atoms with Gasteiger partial charge in [-0.3, -0.25) is 9.69 Å². The van der Waals surface area contributed by atoms with Crippen molar-refractivity contribution in [3.05, 3.63) is 53.6 Å². The number of ether oxygens (including phenoxy) is 3. The summed E-state index contributed by atoms with van der Waals surface area (Å²) in [5.74, 6) is 1.23. The van der Waals surface area contributed by atoms with Crippen molar-refractivity contribution in [2.75, 3.05) is 33.5 Å². The average molecular weight is 413 g/mol. The fourth-order valence-electron chi connectivity index (χ4n) is 3.98. The van der Waals surface area contributed by atoms with E-state index in [1.165, 1.54) is 0 Å². The second-order valence-electron chi connectivity index (χ2n) is 7.82. The van der Waals surface area contributed by atoms with Gasteiger partial charge >= 0.3 is 5.97 Å². The van der Waals surface area contributed by atoms with Gasteiger partial charge in [0.2, 0.25) is 0 Å². The maximum Gasteiger partial charge on any atom is 0.323 e. The standard InChI is InChI=1S/C24H32N2O4/c1-26-14-5-4-9-20(26)24(27)30-21(18-7-6-8-19(25)16-18)12-10-17-11-13-22(28-2)23(15-17)29-3/h6-8,11,13,15-16,20-21H,4-5,9-10,12,14,25H2,1-3H3/t20-,21+/m0/s1. The Morgan fingerprint density at radius 3 is 2.63 bits per heavy atom. The molecule has 1 fully saturated rings. The Labute approximate surface area is 178 Å². The van der Waals surface area contributed by atoms with Gasteiger partial charge in [0.25, 0.3) is 0 Å². The van der Waals surface area contributed by atoms with Crippen LogP contribution in [0.2, 0.25) is 0 Å². The highest BCUT2D eigenvalue weighted by atomic mass is 16.5. The predicted molar refractivity (Wildman–Crippen MR) is 118 cm³/mol. The molecule has 162 valence electrons. The second-order valence-corrected chi connectivity index (χ2v) is 7.82. The number of methoxy groups -OCH3 is 2. The zero-order chi connectivity index (χ0) is 21.5. The van der Waals surface area contributed by atoms with Crippen molar-refractivity contribution < 1.29 is 19.0 Å². The van der Waals surface area contributed by atoms with Crippen LogP contribution in [0.4, 0.5) is 5.69 Å². The van der Waals surface area contributed by atoms with Crippen molar-refractivity contribution >= 4 is 11.7 Å². The summed E-state index contributed by atoms with van der Waals surface area (Å²) in [5.41, 5.74) is 8.66. The van der Waals surface area contributed by atoms with Gasteiger partial charge in [0.1, 0.15) is 12.1 Å². The number of nitrogen functional groups attached to an aromatic ring is 1. The van der Waals surface area contributed by atoms with Gasteiger partial charge in [-0.2, -0.15) is 0 Å². The maximum atomic E-state index is 12.9. The monoisotopic (exact) mass is 412 g/mol. The molecule has 1 heterocycles. The fraction of sp³-hybridized carbons (Fsp3) is 0.458. The van der Waals surface area contributed by atoms with Crippen molar-refractivity contribution in [3.63, 3.8) is 0 Å². The third-order valence-electron chi connectivity index (χ3n) is 5.73. The molecule has 30 heavy (non-hydrogen) atoms. The van der Waals surface area contributed by atoms with E-state index in [-0.39, 0.29) is 18.1 Å². The van der Waals surface area contributed by atoms with Crippen molar-refractivity contribution in [3.8, 4) is 11.5 Å². The predicted octanol–water partition coefficient (Wildman–Crippen LogP) is 3.99. The molecule has 3 rings (SSSR count). The van der Waals surface area contributed by atoms with Crippen LogP contribution in [0.1, 0.15) is 42.9 Å². The van der Waals surface area contributed by atoms with Crippen LogP contribution in [-0.2, 0) is 16.0 Å². The Morgan fingerprint density at radius 2 is 1.93 bits per heavy atom. The number of carbonyl (C=O) groups is 1. The SMILES string of the molecule is COc1ccc(CC[C@@H](OC(=O)[C@@H]2CCCCN2C)c2cccc(N)c2)cc1OC. The van der Waals surface area contributed by atoms with E-state index < -0.39 is 0 Å². The number of rotatable bonds is 8. The molecule has 1 aliphatic rings. The van der Waals surface area contributed by atoms with Gasteiger partial charge in [0.15, 0.2) is 11.5 Å². The Bertz CT molecular complexity index is 855. The van der Waals surface area contributed by atoms with Crippen LogP contribution in [0.5, 0.6) is 11.5 Å². The minimum Gasteiger partial charge on any atom is -0.493 e. The molecule has 1 aliphatic heterocycles. The van der Waals surface area contributed by atoms with Gasteiger partial charge in [-0.05, 0) is 74.7 Å². The number of benzene rings is 2. The molecule has 2 N–H and O–H groups in total. The highest BCUT2D eigenvalue weighted by molar-refractivity contribution is 5.76. The lowest BCUT2D eigenvalue weighted by Gasteiger charge is -2.32. The number of piperidine rings is 1. The summed E-state index contributed by atoms with van der Waals surface area (Å²) in [5, 5.41) is 0. The molecule has 0 aliphatic carbocycles. The minimum atomic E-state index is -0.357. The second kappa shape index (κ2) is 10.3. The Morgan fingerprint density at radius 1 is 1.13 bits per heavy atom. The van der Waals surface area contributed by atoms with E-state index in [9.17, 15) is 4.79 Å². The molecule has 0 amide bonds. The molecule has 0 radical (unpaired) electrons. The molecule has 2 aromatic rings. The van der Waals surface area contributed by atoms with Gasteiger partial charge in [0.05, 0.1) is 14.2 Å². The number of nitrogens with two attached hydrogens (primary N) is 1. The van der Waals surface area contributed by atoms with E-state index in [0.717, 1.165) is 43.4 Å². The third-order valence-corrected chi connectivity index (χ3v) is 5.73. The first-order chi connectivity index (χ1) is 14.5. The van der Waals surface area contributed by atoms with Crippen LogP contribution in [0.3, 0.4) is 0 Å². The maximum absolute atomic E-state index is 12.9. The van der Waals surface area contributed by atoms with E-state index in [1.54, 1.807) is 14.2 Å². The molecule has 0 saturated carbocycles. The first-order valence-corrected chi connectivity index (χ1v) is 10.5. The largest absolute Gasteiger partial charge is 0.493 e. The number of likely N-dealkylation sites (N-methyl/N-ethyl adjacent to an activating group) is 1. The number of carbonyl (C=O) groups excluding carboxylic acids is 1. The molecule has 2 aromatic carbocycles. The van der Waals surface area contributed by atoms with Crippen LogP contribution in [0.15, 0.2) is 42.5 Å². The van der Waals surface area contributed by atoms with E-state index in [0.29, 0.717) is 23.6 Å². The fourth-order valence-corrected chi connectivity index (χ4v) is 3.98. The molecule has 0 spiro atoms. The van der Waals surface area contributed by atoms with Gasteiger partial charge < -0.3 is 19.9 Å². The molecular formula is C24H32N2O4. The van der Waals surface area contributed by atoms with Crippen LogP contribution in [0.25, 0.3) is 0 Å². The van der Waals surface area contributed by atoms with Gasteiger partial charge in [-0.25, -0.2) is 0 Å².